The molecule has 130 valence electrons. The standard InChI is InChI=1S/C19H18N6O/c1-26-17-9-5-3-6-14(17)10-11-21-18-13-22-25-19(24-18)23-16-8-4-2-7-15(16)12-20/h2-9,13H,10-11H2,1H3,(H2,21,23,24,25). The van der Waals surface area contributed by atoms with Gasteiger partial charge in [0.2, 0.25) is 5.95 Å². The summed E-state index contributed by atoms with van der Waals surface area (Å²) in [6.45, 7) is 0.674. The molecule has 0 aliphatic rings. The molecule has 7 nitrogen and oxygen atoms in total. The van der Waals surface area contributed by atoms with Crippen molar-refractivity contribution in [3.8, 4) is 11.8 Å². The summed E-state index contributed by atoms with van der Waals surface area (Å²) >= 11 is 0. The van der Waals surface area contributed by atoms with Gasteiger partial charge in [-0.05, 0) is 30.2 Å². The molecule has 0 fully saturated rings. The maximum absolute atomic E-state index is 9.15. The molecule has 1 aromatic heterocycles. The molecule has 0 bridgehead atoms. The van der Waals surface area contributed by atoms with Crippen molar-refractivity contribution in [3.05, 3.63) is 65.9 Å². The molecule has 0 amide bonds. The van der Waals surface area contributed by atoms with E-state index in [2.05, 4.69) is 31.9 Å². The van der Waals surface area contributed by atoms with E-state index in [9.17, 15) is 0 Å². The van der Waals surface area contributed by atoms with Gasteiger partial charge in [-0.3, -0.25) is 0 Å². The number of nitrogens with one attached hydrogen (secondary N) is 2. The average molecular weight is 346 g/mol. The van der Waals surface area contributed by atoms with Crippen molar-refractivity contribution in [1.82, 2.24) is 15.2 Å². The van der Waals surface area contributed by atoms with Crippen LogP contribution in [-0.2, 0) is 6.42 Å². The number of hydrogen-bond donors (Lipinski definition) is 2. The van der Waals surface area contributed by atoms with E-state index in [-0.39, 0.29) is 0 Å². The molecule has 0 saturated carbocycles. The Kier molecular flexibility index (Phi) is 5.58. The van der Waals surface area contributed by atoms with Crippen molar-refractivity contribution in [2.45, 2.75) is 6.42 Å². The lowest BCUT2D eigenvalue weighted by molar-refractivity contribution is 0.410. The first-order valence-corrected chi connectivity index (χ1v) is 8.12. The second kappa shape index (κ2) is 8.44. The summed E-state index contributed by atoms with van der Waals surface area (Å²) < 4.78 is 5.35. The van der Waals surface area contributed by atoms with Gasteiger partial charge >= 0.3 is 0 Å². The molecule has 2 N–H and O–H groups in total. The Morgan fingerprint density at radius 1 is 1.12 bits per heavy atom. The van der Waals surface area contributed by atoms with Crippen LogP contribution in [-0.4, -0.2) is 28.8 Å². The van der Waals surface area contributed by atoms with Crippen molar-refractivity contribution >= 4 is 17.5 Å². The molecule has 0 unspecified atom stereocenters. The van der Waals surface area contributed by atoms with Crippen molar-refractivity contribution in [2.24, 2.45) is 0 Å². The molecule has 0 aliphatic heterocycles. The zero-order valence-electron chi connectivity index (χ0n) is 14.3. The molecule has 3 rings (SSSR count). The number of hydrogen-bond acceptors (Lipinski definition) is 7. The van der Waals surface area contributed by atoms with Gasteiger partial charge in [0.05, 0.1) is 24.6 Å². The molecule has 3 aromatic rings. The number of methoxy groups -OCH3 is 1. The van der Waals surface area contributed by atoms with E-state index in [0.717, 1.165) is 17.7 Å². The van der Waals surface area contributed by atoms with Crippen LogP contribution in [0, 0.1) is 11.3 Å². The Labute approximate surface area is 151 Å². The van der Waals surface area contributed by atoms with Crippen LogP contribution in [0.15, 0.2) is 54.7 Å². The highest BCUT2D eigenvalue weighted by Gasteiger charge is 2.06. The van der Waals surface area contributed by atoms with Crippen LogP contribution in [0.25, 0.3) is 0 Å². The van der Waals surface area contributed by atoms with E-state index in [1.54, 1.807) is 31.5 Å². The molecule has 0 spiro atoms. The van der Waals surface area contributed by atoms with Crippen LogP contribution < -0.4 is 15.4 Å². The zero-order valence-corrected chi connectivity index (χ0v) is 14.3. The maximum Gasteiger partial charge on any atom is 0.249 e. The van der Waals surface area contributed by atoms with Crippen LogP contribution in [0.1, 0.15) is 11.1 Å². The molecular formula is C19H18N6O. The van der Waals surface area contributed by atoms with Crippen molar-refractivity contribution in [2.75, 3.05) is 24.3 Å². The highest BCUT2D eigenvalue weighted by atomic mass is 16.5. The number of benzene rings is 2. The first kappa shape index (κ1) is 17.2. The predicted molar refractivity (Wildman–Crippen MR) is 99.5 cm³/mol. The van der Waals surface area contributed by atoms with Gasteiger partial charge in [0.25, 0.3) is 0 Å². The third-order valence-electron chi connectivity index (χ3n) is 3.75. The van der Waals surface area contributed by atoms with Crippen LogP contribution in [0.4, 0.5) is 17.5 Å². The van der Waals surface area contributed by atoms with Gasteiger partial charge in [-0.25, -0.2) is 0 Å². The maximum atomic E-state index is 9.15. The number of nitrogens with zero attached hydrogens (tertiary/aromatic N) is 4. The first-order chi connectivity index (χ1) is 12.8. The molecular weight excluding hydrogens is 328 g/mol. The molecule has 2 aromatic carbocycles. The molecule has 0 radical (unpaired) electrons. The van der Waals surface area contributed by atoms with Gasteiger partial charge in [-0.2, -0.15) is 15.3 Å². The Morgan fingerprint density at radius 3 is 2.77 bits per heavy atom. The second-order valence-electron chi connectivity index (χ2n) is 5.44. The third-order valence-corrected chi connectivity index (χ3v) is 3.75. The predicted octanol–water partition coefficient (Wildman–Crippen LogP) is 3.15. The van der Waals surface area contributed by atoms with E-state index >= 15 is 0 Å². The van der Waals surface area contributed by atoms with E-state index in [4.69, 9.17) is 10.00 Å². The number of anilines is 3. The summed E-state index contributed by atoms with van der Waals surface area (Å²) in [5, 5.41) is 23.3. The number of para-hydroxylation sites is 2. The Balaban J connectivity index is 1.63. The Hall–Kier alpha value is -3.66. The summed E-state index contributed by atoms with van der Waals surface area (Å²) in [7, 11) is 1.66. The minimum absolute atomic E-state index is 0.329. The first-order valence-electron chi connectivity index (χ1n) is 8.12. The zero-order chi connectivity index (χ0) is 18.2. The van der Waals surface area contributed by atoms with Gasteiger partial charge < -0.3 is 15.4 Å². The number of aromatic nitrogens is 3. The highest BCUT2D eigenvalue weighted by molar-refractivity contribution is 5.63. The second-order valence-corrected chi connectivity index (χ2v) is 5.44. The van der Waals surface area contributed by atoms with E-state index in [1.165, 1.54) is 0 Å². The van der Waals surface area contributed by atoms with Crippen molar-refractivity contribution in [1.29, 1.82) is 5.26 Å². The summed E-state index contributed by atoms with van der Waals surface area (Å²) in [4.78, 5) is 4.38. The lowest BCUT2D eigenvalue weighted by Crippen LogP contribution is -2.09. The van der Waals surface area contributed by atoms with Gasteiger partial charge in [-0.1, -0.05) is 30.3 Å². The summed E-state index contributed by atoms with van der Waals surface area (Å²) in [6.07, 6.45) is 2.34. The normalized spacial score (nSPS) is 10.0. The quantitative estimate of drug-likeness (QED) is 0.678. The monoisotopic (exact) mass is 346 g/mol. The molecule has 26 heavy (non-hydrogen) atoms. The fourth-order valence-corrected chi connectivity index (χ4v) is 2.49. The molecule has 1 heterocycles. The van der Waals surface area contributed by atoms with Gasteiger partial charge in [0.1, 0.15) is 11.8 Å². The molecule has 0 aliphatic carbocycles. The summed E-state index contributed by atoms with van der Waals surface area (Å²) in [5.74, 6) is 1.80. The van der Waals surface area contributed by atoms with Gasteiger partial charge in [-0.15, -0.1) is 5.10 Å². The largest absolute Gasteiger partial charge is 0.496 e. The van der Waals surface area contributed by atoms with Crippen LogP contribution >= 0.6 is 0 Å². The molecule has 0 atom stereocenters. The molecule has 7 heteroatoms. The van der Waals surface area contributed by atoms with E-state index in [1.807, 2.05) is 30.3 Å². The van der Waals surface area contributed by atoms with Gasteiger partial charge in [0.15, 0.2) is 5.82 Å². The fraction of sp³-hybridized carbons (Fsp3) is 0.158. The summed E-state index contributed by atoms with van der Waals surface area (Å²) in [5.41, 5.74) is 2.28. The number of nitriles is 1. The van der Waals surface area contributed by atoms with Crippen molar-refractivity contribution in [3.63, 3.8) is 0 Å². The van der Waals surface area contributed by atoms with Gasteiger partial charge in [0, 0.05) is 6.54 Å². The van der Waals surface area contributed by atoms with E-state index in [0.29, 0.717) is 29.6 Å². The minimum atomic E-state index is 0.329. The van der Waals surface area contributed by atoms with E-state index < -0.39 is 0 Å². The lowest BCUT2D eigenvalue weighted by atomic mass is 10.1. The van der Waals surface area contributed by atoms with Crippen LogP contribution in [0.3, 0.4) is 0 Å². The average Bonchev–Trinajstić information content (AvgIpc) is 2.69. The topological polar surface area (TPSA) is 95.8 Å². The number of rotatable bonds is 7. The molecule has 0 saturated heterocycles. The summed E-state index contributed by atoms with van der Waals surface area (Å²) in [6, 6.07) is 17.2. The Bertz CT molecular complexity index is 922. The van der Waals surface area contributed by atoms with Crippen LogP contribution in [0.5, 0.6) is 5.75 Å². The van der Waals surface area contributed by atoms with Crippen molar-refractivity contribution < 1.29 is 4.74 Å². The van der Waals surface area contributed by atoms with Crippen LogP contribution in [0.2, 0.25) is 0 Å². The third kappa shape index (κ3) is 4.24. The SMILES string of the molecule is COc1ccccc1CCNc1cnnc(Nc2ccccc2C#N)n1. The Morgan fingerprint density at radius 2 is 1.92 bits per heavy atom. The minimum Gasteiger partial charge on any atom is -0.496 e. The smallest absolute Gasteiger partial charge is 0.249 e. The number of ether oxygens (including phenoxy) is 1. The highest BCUT2D eigenvalue weighted by Crippen LogP contribution is 2.19. The lowest BCUT2D eigenvalue weighted by Gasteiger charge is -2.10. The fourth-order valence-electron chi connectivity index (χ4n) is 2.49.